The van der Waals surface area contributed by atoms with Crippen LogP contribution in [0.2, 0.25) is 0 Å². The van der Waals surface area contributed by atoms with Crippen LogP contribution in [-0.4, -0.2) is 24.3 Å². The van der Waals surface area contributed by atoms with Crippen LogP contribution in [0.3, 0.4) is 0 Å². The number of rotatable bonds is 7. The average molecular weight is 470 g/mol. The number of carbonyl (C=O) groups excluding carboxylic acids is 1. The van der Waals surface area contributed by atoms with Crippen molar-refractivity contribution in [3.8, 4) is 0 Å². The van der Waals surface area contributed by atoms with E-state index in [0.717, 1.165) is 21.2 Å². The quantitative estimate of drug-likeness (QED) is 0.569. The van der Waals surface area contributed by atoms with E-state index in [1.807, 2.05) is 20.8 Å². The summed E-state index contributed by atoms with van der Waals surface area (Å²) in [5, 5.41) is 6.38. The van der Waals surface area contributed by atoms with Gasteiger partial charge in [-0.25, -0.2) is 4.79 Å². The highest BCUT2D eigenvalue weighted by Gasteiger charge is 2.18. The summed E-state index contributed by atoms with van der Waals surface area (Å²) in [4.78, 5) is 13.0. The number of hydrogen-bond acceptors (Lipinski definition) is 4. The second-order valence-corrected chi connectivity index (χ2v) is 10.2. The lowest BCUT2D eigenvalue weighted by Crippen LogP contribution is -2.43. The Kier molecular flexibility index (Phi) is 8.55. The molecular weight excluding hydrogens is 444 g/mol. The Bertz CT molecular complexity index is 493. The summed E-state index contributed by atoms with van der Waals surface area (Å²) in [6.45, 7) is 11.3. The number of carbonyl (C=O) groups is 1. The smallest absolute Gasteiger partial charge is 0.407 e. The molecule has 1 rings (SSSR count). The molecule has 0 fully saturated rings. The van der Waals surface area contributed by atoms with Gasteiger partial charge >= 0.3 is 6.09 Å². The van der Waals surface area contributed by atoms with Crippen molar-refractivity contribution in [2.45, 2.75) is 59.2 Å². The summed E-state index contributed by atoms with van der Waals surface area (Å²) in [6.07, 6.45) is 0.624. The molecule has 1 heterocycles. The highest BCUT2D eigenvalue weighted by Crippen LogP contribution is 2.32. The third-order valence-corrected chi connectivity index (χ3v) is 6.16. The maximum atomic E-state index is 11.8. The van der Waals surface area contributed by atoms with Gasteiger partial charge in [0.2, 0.25) is 0 Å². The molecule has 0 aromatic carbocycles. The fourth-order valence-corrected chi connectivity index (χ4v) is 4.18. The van der Waals surface area contributed by atoms with Crippen LogP contribution in [-0.2, 0) is 11.3 Å². The molecule has 0 radical (unpaired) electrons. The Morgan fingerprint density at radius 1 is 1.35 bits per heavy atom. The summed E-state index contributed by atoms with van der Waals surface area (Å²) in [5.74, 6) is 0.551. The topological polar surface area (TPSA) is 50.4 Å². The Balaban J connectivity index is 2.50. The molecule has 0 saturated carbocycles. The molecule has 1 amide bonds. The lowest BCUT2D eigenvalue weighted by Gasteiger charge is -2.23. The molecule has 0 bridgehead atoms. The van der Waals surface area contributed by atoms with Gasteiger partial charge in [0.05, 0.1) is 3.79 Å². The molecule has 1 unspecified atom stereocenters. The number of hydrogen-bond donors (Lipinski definition) is 2. The van der Waals surface area contributed by atoms with Crippen LogP contribution in [0, 0.1) is 5.92 Å². The zero-order chi connectivity index (χ0) is 17.6. The van der Waals surface area contributed by atoms with Gasteiger partial charge in [0.1, 0.15) is 5.60 Å². The fraction of sp³-hybridized carbons (Fsp3) is 0.688. The van der Waals surface area contributed by atoms with Gasteiger partial charge in [-0.3, -0.25) is 0 Å². The number of alkyl carbamates (subject to hydrolysis) is 1. The van der Waals surface area contributed by atoms with E-state index < -0.39 is 5.60 Å². The van der Waals surface area contributed by atoms with Gasteiger partial charge < -0.3 is 15.4 Å². The van der Waals surface area contributed by atoms with E-state index in [4.69, 9.17) is 4.74 Å². The SMILES string of the molecule is CC(C)CC(CNC(=O)OC(C)(C)C)NCc1cc(Br)c(Br)s1. The third kappa shape index (κ3) is 9.08. The zero-order valence-corrected chi connectivity index (χ0v) is 18.3. The van der Waals surface area contributed by atoms with Gasteiger partial charge in [-0.05, 0) is 71.0 Å². The minimum atomic E-state index is -0.472. The van der Waals surface area contributed by atoms with Crippen LogP contribution < -0.4 is 10.6 Å². The first-order valence-corrected chi connectivity index (χ1v) is 10.1. The monoisotopic (exact) mass is 468 g/mol. The molecule has 0 saturated heterocycles. The van der Waals surface area contributed by atoms with E-state index in [1.165, 1.54) is 4.88 Å². The fourth-order valence-electron chi connectivity index (χ4n) is 2.05. The number of amides is 1. The van der Waals surface area contributed by atoms with Crippen LogP contribution in [0.5, 0.6) is 0 Å². The van der Waals surface area contributed by atoms with E-state index in [1.54, 1.807) is 11.3 Å². The number of halogens is 2. The average Bonchev–Trinajstić information content (AvgIpc) is 2.69. The van der Waals surface area contributed by atoms with Crippen molar-refractivity contribution in [2.75, 3.05) is 6.54 Å². The molecule has 23 heavy (non-hydrogen) atoms. The van der Waals surface area contributed by atoms with Crippen LogP contribution >= 0.6 is 43.2 Å². The van der Waals surface area contributed by atoms with E-state index in [9.17, 15) is 4.79 Å². The molecule has 4 nitrogen and oxygen atoms in total. The highest BCUT2D eigenvalue weighted by molar-refractivity contribution is 9.13. The van der Waals surface area contributed by atoms with Crippen molar-refractivity contribution in [3.05, 3.63) is 19.2 Å². The summed E-state index contributed by atoms with van der Waals surface area (Å²) in [5.41, 5.74) is -0.472. The molecular formula is C16H26Br2N2O2S. The Morgan fingerprint density at radius 2 is 2.00 bits per heavy atom. The van der Waals surface area contributed by atoms with Crippen molar-refractivity contribution in [3.63, 3.8) is 0 Å². The Morgan fingerprint density at radius 3 is 2.48 bits per heavy atom. The molecule has 7 heteroatoms. The number of nitrogens with one attached hydrogen (secondary N) is 2. The predicted octanol–water partition coefficient (Wildman–Crippen LogP) is 5.30. The van der Waals surface area contributed by atoms with Gasteiger partial charge in [-0.1, -0.05) is 13.8 Å². The first-order valence-electron chi connectivity index (χ1n) is 7.70. The van der Waals surface area contributed by atoms with Crippen LogP contribution in [0.25, 0.3) is 0 Å². The van der Waals surface area contributed by atoms with Crippen molar-refractivity contribution in [1.82, 2.24) is 10.6 Å². The number of ether oxygens (including phenoxy) is 1. The minimum absolute atomic E-state index is 0.210. The maximum Gasteiger partial charge on any atom is 0.407 e. The van der Waals surface area contributed by atoms with Gasteiger partial charge in [0.15, 0.2) is 0 Å². The molecule has 132 valence electrons. The van der Waals surface area contributed by atoms with Crippen LogP contribution in [0.15, 0.2) is 14.3 Å². The lowest BCUT2D eigenvalue weighted by molar-refractivity contribution is 0.0521. The van der Waals surface area contributed by atoms with Crippen molar-refractivity contribution in [2.24, 2.45) is 5.92 Å². The molecule has 1 aromatic heterocycles. The summed E-state index contributed by atoms with van der Waals surface area (Å²) in [6, 6.07) is 2.32. The van der Waals surface area contributed by atoms with Crippen molar-refractivity contribution < 1.29 is 9.53 Å². The molecule has 1 atom stereocenters. The highest BCUT2D eigenvalue weighted by atomic mass is 79.9. The van der Waals surface area contributed by atoms with Gasteiger partial charge in [-0.2, -0.15) is 0 Å². The lowest BCUT2D eigenvalue weighted by atomic mass is 10.0. The van der Waals surface area contributed by atoms with E-state index in [0.29, 0.717) is 12.5 Å². The van der Waals surface area contributed by atoms with Gasteiger partial charge in [0, 0.05) is 28.5 Å². The molecule has 2 N–H and O–H groups in total. The Hall–Kier alpha value is -0.110. The predicted molar refractivity (Wildman–Crippen MR) is 104 cm³/mol. The summed E-state index contributed by atoms with van der Waals surface area (Å²) in [7, 11) is 0. The van der Waals surface area contributed by atoms with Gasteiger partial charge in [0.25, 0.3) is 0 Å². The Labute approximate surface area is 160 Å². The number of thiophene rings is 1. The molecule has 1 aromatic rings. The first kappa shape index (κ1) is 20.9. The molecule has 0 aliphatic carbocycles. The van der Waals surface area contributed by atoms with Crippen molar-refractivity contribution >= 4 is 49.3 Å². The van der Waals surface area contributed by atoms with Gasteiger partial charge in [-0.15, -0.1) is 11.3 Å². The largest absolute Gasteiger partial charge is 0.444 e. The maximum absolute atomic E-state index is 11.8. The van der Waals surface area contributed by atoms with Crippen molar-refractivity contribution in [1.29, 1.82) is 0 Å². The summed E-state index contributed by atoms with van der Waals surface area (Å²) >= 11 is 8.72. The zero-order valence-electron chi connectivity index (χ0n) is 14.3. The minimum Gasteiger partial charge on any atom is -0.444 e. The molecule has 0 spiro atoms. The standard InChI is InChI=1S/C16H26Br2N2O2S/c1-10(2)6-11(8-20-15(21)22-16(3,4)5)19-9-12-7-13(17)14(18)23-12/h7,10-11,19H,6,8-9H2,1-5H3,(H,20,21). The van der Waals surface area contributed by atoms with E-state index >= 15 is 0 Å². The first-order chi connectivity index (χ1) is 10.6. The molecule has 0 aliphatic heterocycles. The van der Waals surface area contributed by atoms with E-state index in [2.05, 4.69) is 62.4 Å². The summed E-state index contributed by atoms with van der Waals surface area (Å²) < 4.78 is 7.46. The molecule has 0 aliphatic rings. The van der Waals surface area contributed by atoms with E-state index in [-0.39, 0.29) is 12.1 Å². The van der Waals surface area contributed by atoms with Crippen LogP contribution in [0.1, 0.15) is 45.9 Å². The normalized spacial score (nSPS) is 13.2. The third-order valence-electron chi connectivity index (χ3n) is 2.91. The second kappa shape index (κ2) is 9.39. The second-order valence-electron chi connectivity index (χ2n) is 6.92. The van der Waals surface area contributed by atoms with Crippen LogP contribution in [0.4, 0.5) is 4.79 Å².